The molecule has 3 aromatic heterocycles. The minimum Gasteiger partial charge on any atom is -0.507 e. The van der Waals surface area contributed by atoms with E-state index in [1.165, 1.54) is 12.1 Å². The van der Waals surface area contributed by atoms with Gasteiger partial charge in [-0.05, 0) is 81.5 Å². The molecule has 1 aromatic carbocycles. The van der Waals surface area contributed by atoms with Gasteiger partial charge in [-0.2, -0.15) is 0 Å². The Morgan fingerprint density at radius 3 is 2.47 bits per heavy atom. The van der Waals surface area contributed by atoms with Gasteiger partial charge in [0.2, 0.25) is 11.8 Å². The molecular weight excluding hydrogens is 646 g/mol. The van der Waals surface area contributed by atoms with Crippen LogP contribution in [0.2, 0.25) is 0 Å². The maximum absolute atomic E-state index is 14.0. The molecule has 5 fully saturated rings. The summed E-state index contributed by atoms with van der Waals surface area (Å²) in [7, 11) is 0. The smallest absolute Gasteiger partial charge is 0.243 e. The SMILES string of the molecule is CC(C)C(C(=O)N1C[C@H](O)C[C@H]1C(=O)NC1CCC1)c1cc(N2CC3(CC(c4cc5nnc(-c6ccccc6O)cc5n4C4CCC4)C3)C2)no1. The third kappa shape index (κ3) is 5.57. The van der Waals surface area contributed by atoms with E-state index in [1.807, 2.05) is 38.1 Å². The molecule has 5 heterocycles. The normalized spacial score (nSPS) is 24.0. The number of nitrogens with zero attached hydrogens (tertiary/aromatic N) is 6. The topological polar surface area (TPSA) is 150 Å². The summed E-state index contributed by atoms with van der Waals surface area (Å²) in [5.74, 6) is 0.853. The second kappa shape index (κ2) is 12.4. The molecule has 1 spiro atoms. The zero-order valence-electron chi connectivity index (χ0n) is 29.4. The maximum Gasteiger partial charge on any atom is 0.243 e. The number of aliphatic hydroxyl groups excluding tert-OH is 1. The van der Waals surface area contributed by atoms with Gasteiger partial charge in [-0.3, -0.25) is 9.59 Å². The van der Waals surface area contributed by atoms with E-state index in [0.29, 0.717) is 29.0 Å². The van der Waals surface area contributed by atoms with E-state index in [9.17, 15) is 19.8 Å². The Hall–Kier alpha value is -4.45. The molecule has 3 N–H and O–H groups in total. The third-order valence-corrected chi connectivity index (χ3v) is 12.5. The fourth-order valence-electron chi connectivity index (χ4n) is 9.25. The molecule has 3 aliphatic carbocycles. The lowest BCUT2D eigenvalue weighted by molar-refractivity contribution is -0.141. The molecule has 268 valence electrons. The van der Waals surface area contributed by atoms with E-state index in [0.717, 1.165) is 74.9 Å². The Balaban J connectivity index is 0.880. The van der Waals surface area contributed by atoms with Crippen LogP contribution >= 0.6 is 0 Å². The van der Waals surface area contributed by atoms with E-state index >= 15 is 0 Å². The van der Waals surface area contributed by atoms with E-state index in [1.54, 1.807) is 11.0 Å². The standard InChI is InChI=1S/C39H47N7O5/c1-22(2)36(38(50)45-19-26(47)13-32(45)37(49)40-24-7-5-8-24)34-16-35(43-51-34)44-20-39(21-44)17-23(18-39)30-15-29-31(46(30)25-9-6-10-25)14-28(41-42-29)27-11-3-4-12-33(27)48/h3-4,11-12,14-16,22-26,32,36,47-48H,5-10,13,17-21H2,1-2H3,(H,40,49)/t26-,32+,36?/m1/s1. The van der Waals surface area contributed by atoms with E-state index in [-0.39, 0.29) is 47.9 Å². The number of nitrogens with one attached hydrogen (secondary N) is 1. The maximum atomic E-state index is 14.0. The molecule has 9 rings (SSSR count). The molecule has 5 aliphatic rings. The first kappa shape index (κ1) is 32.5. The third-order valence-electron chi connectivity index (χ3n) is 12.5. The van der Waals surface area contributed by atoms with Crippen LogP contribution in [0.3, 0.4) is 0 Å². The first-order valence-corrected chi connectivity index (χ1v) is 18.8. The van der Waals surface area contributed by atoms with Crippen molar-refractivity contribution in [2.24, 2.45) is 11.3 Å². The summed E-state index contributed by atoms with van der Waals surface area (Å²) in [6.45, 7) is 5.88. The molecule has 4 aromatic rings. The van der Waals surface area contributed by atoms with Gasteiger partial charge in [0.25, 0.3) is 0 Å². The molecule has 1 unspecified atom stereocenters. The van der Waals surface area contributed by atoms with Crippen LogP contribution in [0.25, 0.3) is 22.3 Å². The van der Waals surface area contributed by atoms with Crippen LogP contribution in [0.5, 0.6) is 5.75 Å². The summed E-state index contributed by atoms with van der Waals surface area (Å²) in [6, 6.07) is 13.5. The summed E-state index contributed by atoms with van der Waals surface area (Å²) in [4.78, 5) is 30.9. The first-order valence-electron chi connectivity index (χ1n) is 18.8. The molecule has 2 aliphatic heterocycles. The average Bonchev–Trinajstić information content (AvgIpc) is 3.75. The molecule has 0 radical (unpaired) electrons. The van der Waals surface area contributed by atoms with Crippen LogP contribution in [-0.4, -0.2) is 84.7 Å². The van der Waals surface area contributed by atoms with Gasteiger partial charge in [0.05, 0.1) is 17.3 Å². The summed E-state index contributed by atoms with van der Waals surface area (Å²) < 4.78 is 8.37. The number of likely N-dealkylation sites (tertiary alicyclic amines) is 1. The number of hydrogen-bond donors (Lipinski definition) is 3. The van der Waals surface area contributed by atoms with E-state index in [4.69, 9.17) is 4.52 Å². The lowest BCUT2D eigenvalue weighted by Crippen LogP contribution is -2.62. The van der Waals surface area contributed by atoms with Crippen LogP contribution in [0.15, 0.2) is 47.0 Å². The van der Waals surface area contributed by atoms with Crippen LogP contribution in [-0.2, 0) is 9.59 Å². The number of phenols is 1. The molecule has 0 bridgehead atoms. The number of para-hydroxylation sites is 1. The minimum absolute atomic E-state index is 0.0805. The van der Waals surface area contributed by atoms with Crippen molar-refractivity contribution in [3.05, 3.63) is 53.9 Å². The lowest BCUT2D eigenvalue weighted by atomic mass is 9.57. The number of fused-ring (bicyclic) bond motifs is 1. The predicted molar refractivity (Wildman–Crippen MR) is 190 cm³/mol. The predicted octanol–water partition coefficient (Wildman–Crippen LogP) is 5.27. The molecule has 3 atom stereocenters. The monoisotopic (exact) mass is 693 g/mol. The zero-order valence-corrected chi connectivity index (χ0v) is 29.4. The molecule has 51 heavy (non-hydrogen) atoms. The molecule has 12 heteroatoms. The highest BCUT2D eigenvalue weighted by Gasteiger charge is 2.54. The first-order chi connectivity index (χ1) is 24.7. The van der Waals surface area contributed by atoms with Crippen molar-refractivity contribution in [3.8, 4) is 17.0 Å². The van der Waals surface area contributed by atoms with Crippen LogP contribution in [0, 0.1) is 11.3 Å². The Bertz CT molecular complexity index is 1960. The fourth-order valence-corrected chi connectivity index (χ4v) is 9.25. The highest BCUT2D eigenvalue weighted by atomic mass is 16.5. The average molecular weight is 694 g/mol. The van der Waals surface area contributed by atoms with Crippen molar-refractivity contribution < 1.29 is 24.3 Å². The largest absolute Gasteiger partial charge is 0.507 e. The highest BCUT2D eigenvalue weighted by Crippen LogP contribution is 2.58. The summed E-state index contributed by atoms with van der Waals surface area (Å²) in [5.41, 5.74) is 4.94. The molecular formula is C39H47N7O5. The fraction of sp³-hybridized carbons (Fsp3) is 0.564. The van der Waals surface area contributed by atoms with Crippen molar-refractivity contribution >= 4 is 28.7 Å². The summed E-state index contributed by atoms with van der Waals surface area (Å²) in [6.07, 6.45) is 8.30. The van der Waals surface area contributed by atoms with Gasteiger partial charge in [-0.15, -0.1) is 10.2 Å². The van der Waals surface area contributed by atoms with Crippen LogP contribution < -0.4 is 10.2 Å². The number of hydrogen-bond acceptors (Lipinski definition) is 9. The number of carbonyl (C=O) groups is 2. The van der Waals surface area contributed by atoms with Crippen molar-refractivity contribution in [1.82, 2.24) is 30.1 Å². The number of amides is 2. The van der Waals surface area contributed by atoms with Gasteiger partial charge < -0.3 is 34.4 Å². The van der Waals surface area contributed by atoms with Gasteiger partial charge in [0.1, 0.15) is 23.2 Å². The number of β-amino-alcohol motifs (C(OH)–C–C–N with tert-alkyl or cyclic N) is 1. The second-order valence-corrected chi connectivity index (χ2v) is 16.3. The molecule has 2 amide bonds. The highest BCUT2D eigenvalue weighted by molar-refractivity contribution is 5.91. The van der Waals surface area contributed by atoms with Crippen molar-refractivity contribution in [1.29, 1.82) is 0 Å². The van der Waals surface area contributed by atoms with E-state index < -0.39 is 18.1 Å². The Kier molecular flexibility index (Phi) is 7.86. The number of aromatic nitrogens is 4. The lowest BCUT2D eigenvalue weighted by Gasteiger charge is -2.59. The number of carbonyl (C=O) groups excluding carboxylic acids is 2. The molecule has 2 saturated heterocycles. The number of anilines is 1. The quantitative estimate of drug-likeness (QED) is 0.213. The number of phenolic OH excluding ortho intramolecular Hbond substituents is 1. The minimum atomic E-state index is -0.725. The number of benzene rings is 1. The van der Waals surface area contributed by atoms with Crippen molar-refractivity contribution in [3.63, 3.8) is 0 Å². The number of aliphatic hydroxyl groups is 1. The van der Waals surface area contributed by atoms with Gasteiger partial charge in [0.15, 0.2) is 11.6 Å². The second-order valence-electron chi connectivity index (χ2n) is 16.3. The summed E-state index contributed by atoms with van der Waals surface area (Å²) in [5, 5.41) is 37.5. The van der Waals surface area contributed by atoms with Crippen molar-refractivity contribution in [2.75, 3.05) is 24.5 Å². The Morgan fingerprint density at radius 2 is 1.78 bits per heavy atom. The van der Waals surface area contributed by atoms with Crippen LogP contribution in [0.4, 0.5) is 5.82 Å². The van der Waals surface area contributed by atoms with Gasteiger partial charge in [0, 0.05) is 66.8 Å². The van der Waals surface area contributed by atoms with E-state index in [2.05, 4.69) is 42.3 Å². The van der Waals surface area contributed by atoms with Gasteiger partial charge in [-0.25, -0.2) is 0 Å². The Morgan fingerprint density at radius 1 is 1.02 bits per heavy atom. The van der Waals surface area contributed by atoms with Crippen molar-refractivity contribution in [2.45, 2.75) is 108 Å². The zero-order chi connectivity index (χ0) is 35.0. The van der Waals surface area contributed by atoms with Crippen LogP contribution in [0.1, 0.15) is 101 Å². The number of aromatic hydroxyl groups is 1. The number of rotatable bonds is 9. The molecule has 12 nitrogen and oxygen atoms in total. The van der Waals surface area contributed by atoms with Gasteiger partial charge in [-0.1, -0.05) is 31.1 Å². The van der Waals surface area contributed by atoms with Gasteiger partial charge >= 0.3 is 0 Å². The Labute approximate surface area is 297 Å². The molecule has 3 saturated carbocycles. The summed E-state index contributed by atoms with van der Waals surface area (Å²) >= 11 is 0.